The molecule has 2 N–H and O–H groups in total. The first kappa shape index (κ1) is 33.4. The lowest BCUT2D eigenvalue weighted by Gasteiger charge is -2.24. The van der Waals surface area contributed by atoms with Crippen molar-refractivity contribution in [3.63, 3.8) is 0 Å². The number of likely N-dealkylation sites (tertiary alicyclic amines) is 1. The molecule has 6 rings (SSSR count). The summed E-state index contributed by atoms with van der Waals surface area (Å²) in [4.78, 5) is 61.7. The van der Waals surface area contributed by atoms with E-state index in [1.165, 1.54) is 12.0 Å². The van der Waals surface area contributed by atoms with E-state index in [0.29, 0.717) is 67.9 Å². The highest BCUT2D eigenvalue weighted by Gasteiger charge is 2.42. The van der Waals surface area contributed by atoms with Gasteiger partial charge in [-0.15, -0.1) is 0 Å². The second-order valence-corrected chi connectivity index (χ2v) is 12.3. The summed E-state index contributed by atoms with van der Waals surface area (Å²) in [6, 6.07) is 15.3. The van der Waals surface area contributed by atoms with Crippen molar-refractivity contribution >= 4 is 34.5 Å². The molecule has 2 atom stereocenters. The number of nitrogens with one attached hydrogen (secondary N) is 2. The molecule has 2 aliphatic rings. The smallest absolute Gasteiger partial charge is 0.275 e. The van der Waals surface area contributed by atoms with Crippen LogP contribution in [0.4, 0.5) is 0 Å². The third-order valence-electron chi connectivity index (χ3n) is 8.98. The Morgan fingerprint density at radius 3 is 2.63 bits per heavy atom. The van der Waals surface area contributed by atoms with Crippen LogP contribution in [-0.2, 0) is 23.1 Å². The Balaban J connectivity index is 1.25. The Bertz CT molecular complexity index is 1830. The average Bonchev–Trinajstić information content (AvgIpc) is 3.69. The fourth-order valence-electron chi connectivity index (χ4n) is 6.43. The van der Waals surface area contributed by atoms with E-state index >= 15 is 0 Å². The number of rotatable bonds is 4. The zero-order chi connectivity index (χ0) is 34.3. The van der Waals surface area contributed by atoms with Crippen LogP contribution in [-0.4, -0.2) is 100 Å². The molecule has 4 amide bonds. The van der Waals surface area contributed by atoms with Gasteiger partial charge in [-0.25, -0.2) is 0 Å². The van der Waals surface area contributed by atoms with Gasteiger partial charge in [0.1, 0.15) is 12.1 Å². The number of hydrogen-bond acceptors (Lipinski definition) is 8. The number of nitrogens with zero attached hydrogens (tertiary/aromatic N) is 5. The second-order valence-electron chi connectivity index (χ2n) is 12.3. The highest BCUT2D eigenvalue weighted by Crippen LogP contribution is 2.33. The van der Waals surface area contributed by atoms with Crippen molar-refractivity contribution in [2.45, 2.75) is 44.2 Å². The summed E-state index contributed by atoms with van der Waals surface area (Å²) in [5, 5.41) is 11.2. The first-order chi connectivity index (χ1) is 23.8. The largest absolute Gasteiger partial charge is 0.493 e. The molecule has 0 unspecified atom stereocenters. The molecule has 49 heavy (non-hydrogen) atoms. The van der Waals surface area contributed by atoms with Crippen LogP contribution in [0.15, 0.2) is 67.0 Å². The highest BCUT2D eigenvalue weighted by molar-refractivity contribution is 6.06. The molecule has 256 valence electrons. The normalized spacial score (nSPS) is 19.2. The summed E-state index contributed by atoms with van der Waals surface area (Å²) in [5.74, 6) is -0.218. The van der Waals surface area contributed by atoms with Crippen LogP contribution < -0.4 is 20.1 Å². The van der Waals surface area contributed by atoms with Gasteiger partial charge in [0.25, 0.3) is 11.8 Å². The minimum absolute atomic E-state index is 0.0283. The quantitative estimate of drug-likeness (QED) is 0.338. The molecule has 4 bridgehead atoms. The standard InChI is InChI=1S/C36H41N7O6/c1-41-28-11-4-3-10-27(28)33(40-41)36(47)43-23-26-21-29(43)35(46)39-15-5-6-17-42(32(44)19-24-9-7-14-37-22-24)18-8-16-38-34(45)25-12-13-30(48-2)31(20-25)49-26/h3-4,7,9-14,20,22,26,29H,5-6,8,15-19,21,23H2,1-2H3,(H,38,45)(H,39,46)/t26-,29-/m0/s1. The zero-order valence-electron chi connectivity index (χ0n) is 27.8. The van der Waals surface area contributed by atoms with Gasteiger partial charge in [0.15, 0.2) is 17.2 Å². The Labute approximate surface area is 284 Å². The molecule has 0 radical (unpaired) electrons. The number of carbonyl (C=O) groups excluding carboxylic acids is 4. The maximum atomic E-state index is 14.1. The predicted octanol–water partition coefficient (Wildman–Crippen LogP) is 2.74. The van der Waals surface area contributed by atoms with Gasteiger partial charge in [0, 0.05) is 63.0 Å². The lowest BCUT2D eigenvalue weighted by Crippen LogP contribution is -2.46. The van der Waals surface area contributed by atoms with Gasteiger partial charge in [-0.2, -0.15) is 5.10 Å². The third kappa shape index (κ3) is 7.66. The number of aromatic nitrogens is 3. The van der Waals surface area contributed by atoms with Gasteiger partial charge >= 0.3 is 0 Å². The average molecular weight is 668 g/mol. The van der Waals surface area contributed by atoms with Gasteiger partial charge in [-0.05, 0) is 55.2 Å². The molecule has 1 fully saturated rings. The molecule has 2 aliphatic heterocycles. The molecule has 0 saturated carbocycles. The summed E-state index contributed by atoms with van der Waals surface area (Å²) < 4.78 is 13.6. The summed E-state index contributed by atoms with van der Waals surface area (Å²) in [6.07, 6.45) is 5.13. The van der Waals surface area contributed by atoms with Crippen molar-refractivity contribution in [3.05, 3.63) is 83.8 Å². The first-order valence-corrected chi connectivity index (χ1v) is 16.6. The van der Waals surface area contributed by atoms with E-state index in [9.17, 15) is 19.2 Å². The van der Waals surface area contributed by atoms with E-state index < -0.39 is 12.1 Å². The van der Waals surface area contributed by atoms with Crippen molar-refractivity contribution in [2.24, 2.45) is 7.05 Å². The van der Waals surface area contributed by atoms with Crippen molar-refractivity contribution in [1.82, 2.24) is 35.2 Å². The summed E-state index contributed by atoms with van der Waals surface area (Å²) in [6.45, 7) is 1.85. The molecule has 13 heteroatoms. The molecule has 2 aromatic carbocycles. The molecule has 4 aromatic rings. The van der Waals surface area contributed by atoms with Crippen LogP contribution in [0, 0.1) is 0 Å². The summed E-state index contributed by atoms with van der Waals surface area (Å²) >= 11 is 0. The van der Waals surface area contributed by atoms with Crippen molar-refractivity contribution in [3.8, 4) is 11.5 Å². The van der Waals surface area contributed by atoms with Gasteiger partial charge < -0.3 is 29.9 Å². The second kappa shape index (κ2) is 15.2. The van der Waals surface area contributed by atoms with Gasteiger partial charge in [0.05, 0.1) is 25.6 Å². The number of amides is 4. The Morgan fingerprint density at radius 1 is 1.00 bits per heavy atom. The number of aryl methyl sites for hydroxylation is 1. The third-order valence-corrected chi connectivity index (χ3v) is 8.98. The van der Waals surface area contributed by atoms with Crippen LogP contribution in [0.3, 0.4) is 0 Å². The number of ether oxygens (including phenoxy) is 2. The number of fused-ring (bicyclic) bond motifs is 5. The molecule has 2 aromatic heterocycles. The van der Waals surface area contributed by atoms with Gasteiger partial charge in [0.2, 0.25) is 11.8 Å². The number of benzene rings is 2. The van der Waals surface area contributed by atoms with E-state index in [1.807, 2.05) is 30.3 Å². The zero-order valence-corrected chi connectivity index (χ0v) is 27.8. The molecule has 1 saturated heterocycles. The Morgan fingerprint density at radius 2 is 1.82 bits per heavy atom. The highest BCUT2D eigenvalue weighted by atomic mass is 16.5. The Hall–Kier alpha value is -5.46. The van der Waals surface area contributed by atoms with E-state index in [2.05, 4.69) is 20.7 Å². The van der Waals surface area contributed by atoms with Crippen molar-refractivity contribution in [2.75, 3.05) is 39.8 Å². The van der Waals surface area contributed by atoms with Crippen LogP contribution in [0.5, 0.6) is 11.5 Å². The maximum Gasteiger partial charge on any atom is 0.275 e. The molecule has 0 spiro atoms. The van der Waals surface area contributed by atoms with E-state index in [0.717, 1.165) is 11.1 Å². The molecular formula is C36H41N7O6. The van der Waals surface area contributed by atoms with E-state index in [1.54, 1.807) is 53.3 Å². The minimum Gasteiger partial charge on any atom is -0.493 e. The predicted molar refractivity (Wildman–Crippen MR) is 181 cm³/mol. The molecule has 13 nitrogen and oxygen atoms in total. The lowest BCUT2D eigenvalue weighted by atomic mass is 10.1. The fraction of sp³-hybridized carbons (Fsp3) is 0.389. The van der Waals surface area contributed by atoms with Crippen LogP contribution in [0.2, 0.25) is 0 Å². The first-order valence-electron chi connectivity index (χ1n) is 16.6. The van der Waals surface area contributed by atoms with E-state index in [-0.39, 0.29) is 48.7 Å². The number of pyridine rings is 1. The van der Waals surface area contributed by atoms with E-state index in [4.69, 9.17) is 9.47 Å². The van der Waals surface area contributed by atoms with Crippen LogP contribution in [0.25, 0.3) is 10.9 Å². The van der Waals surface area contributed by atoms with Gasteiger partial charge in [-0.3, -0.25) is 28.8 Å². The van der Waals surface area contributed by atoms with Crippen LogP contribution in [0.1, 0.15) is 52.1 Å². The molecular weight excluding hydrogens is 626 g/mol. The number of methoxy groups -OCH3 is 1. The topological polar surface area (TPSA) is 148 Å². The van der Waals surface area contributed by atoms with Gasteiger partial charge in [-0.1, -0.05) is 24.3 Å². The monoisotopic (exact) mass is 667 g/mol. The van der Waals surface area contributed by atoms with Crippen molar-refractivity contribution < 1.29 is 28.7 Å². The molecule has 0 aliphatic carbocycles. The van der Waals surface area contributed by atoms with Crippen LogP contribution >= 0.6 is 0 Å². The maximum absolute atomic E-state index is 14.1. The van der Waals surface area contributed by atoms with Crippen molar-refractivity contribution in [1.29, 1.82) is 0 Å². The fourth-order valence-corrected chi connectivity index (χ4v) is 6.43. The summed E-state index contributed by atoms with van der Waals surface area (Å²) in [5.41, 5.74) is 2.27. The number of carbonyl (C=O) groups is 4. The Kier molecular flexibility index (Phi) is 10.4. The number of para-hydroxylation sites is 1. The number of hydrogen-bond donors (Lipinski definition) is 2. The SMILES string of the molecule is COc1ccc2cc1O[C@H]1C[C@@H](C(=O)NCCCCN(C(=O)Cc3cccnc3)CCCNC2=O)N(C(=O)c2nn(C)c3ccccc23)C1. The lowest BCUT2D eigenvalue weighted by molar-refractivity contribution is -0.130. The summed E-state index contributed by atoms with van der Waals surface area (Å²) in [7, 11) is 3.29. The molecule has 4 heterocycles. The minimum atomic E-state index is -0.810.